The second-order valence-corrected chi connectivity index (χ2v) is 6.16. The van der Waals surface area contributed by atoms with Gasteiger partial charge in [-0.25, -0.2) is 0 Å². The highest BCUT2D eigenvalue weighted by Gasteiger charge is 2.20. The van der Waals surface area contributed by atoms with Gasteiger partial charge in [0.05, 0.1) is 11.6 Å². The molecule has 0 spiro atoms. The van der Waals surface area contributed by atoms with E-state index in [1.807, 2.05) is 51.2 Å². The smallest absolute Gasteiger partial charge is 0.226 e. The van der Waals surface area contributed by atoms with Crippen LogP contribution in [0, 0.1) is 5.92 Å². The van der Waals surface area contributed by atoms with Crippen LogP contribution in [0.4, 0.5) is 0 Å². The van der Waals surface area contributed by atoms with Crippen molar-refractivity contribution >= 4 is 5.91 Å². The molecule has 1 heterocycles. The molecule has 2 unspecified atom stereocenters. The van der Waals surface area contributed by atoms with E-state index in [4.69, 9.17) is 5.73 Å². The van der Waals surface area contributed by atoms with E-state index in [2.05, 4.69) is 16.3 Å². The quantitative estimate of drug-likeness (QED) is 0.824. The number of nitrogens with two attached hydrogens (primary N) is 1. The van der Waals surface area contributed by atoms with Gasteiger partial charge in [0, 0.05) is 30.9 Å². The summed E-state index contributed by atoms with van der Waals surface area (Å²) in [5, 5.41) is 7.42. The Morgan fingerprint density at radius 2 is 2.00 bits per heavy atom. The zero-order valence-corrected chi connectivity index (χ0v) is 14.1. The molecule has 0 aliphatic heterocycles. The second-order valence-electron chi connectivity index (χ2n) is 6.16. The number of carbonyl (C=O) groups is 1. The maximum atomic E-state index is 12.1. The number of carbonyl (C=O) groups excluding carboxylic acids is 1. The molecular formula is C18H26N4O. The Morgan fingerprint density at radius 1 is 1.30 bits per heavy atom. The van der Waals surface area contributed by atoms with Crippen molar-refractivity contribution in [2.24, 2.45) is 11.7 Å². The molecule has 0 radical (unpaired) electrons. The summed E-state index contributed by atoms with van der Waals surface area (Å²) in [6.07, 6.45) is 1.76. The summed E-state index contributed by atoms with van der Waals surface area (Å²) < 4.78 is 0. The molecular weight excluding hydrogens is 288 g/mol. The number of hydrogen-bond acceptors (Lipinski definition) is 3. The second kappa shape index (κ2) is 7.92. The molecule has 2 aromatic rings. The van der Waals surface area contributed by atoms with E-state index in [0.29, 0.717) is 0 Å². The molecule has 1 aromatic carbocycles. The Hall–Kier alpha value is -2.14. The molecule has 0 saturated carbocycles. The number of hydrogen-bond donors (Lipinski definition) is 2. The van der Waals surface area contributed by atoms with Crippen LogP contribution in [-0.2, 0) is 11.2 Å². The average molecular weight is 314 g/mol. The number of aryl methyl sites for hydroxylation is 1. The number of rotatable bonds is 7. The van der Waals surface area contributed by atoms with Gasteiger partial charge < -0.3 is 10.6 Å². The summed E-state index contributed by atoms with van der Waals surface area (Å²) in [5.41, 5.74) is 8.94. The first-order valence-corrected chi connectivity index (χ1v) is 8.09. The third kappa shape index (κ3) is 4.66. The largest absolute Gasteiger partial charge is 0.345 e. The van der Waals surface area contributed by atoms with Crippen LogP contribution in [0.2, 0.25) is 0 Å². The predicted octanol–water partition coefficient (Wildman–Crippen LogP) is 2.45. The third-order valence-corrected chi connectivity index (χ3v) is 4.19. The number of benzene rings is 1. The first-order chi connectivity index (χ1) is 11.0. The lowest BCUT2D eigenvalue weighted by atomic mass is 10.0. The zero-order chi connectivity index (χ0) is 16.8. The number of H-pyrrole nitrogens is 1. The topological polar surface area (TPSA) is 75.0 Å². The molecule has 0 aliphatic carbocycles. The Balaban J connectivity index is 1.83. The van der Waals surface area contributed by atoms with Crippen LogP contribution in [0.5, 0.6) is 0 Å². The van der Waals surface area contributed by atoms with E-state index in [1.165, 1.54) is 0 Å². The fraction of sp³-hybridized carbons (Fsp3) is 0.444. The molecule has 23 heavy (non-hydrogen) atoms. The number of nitrogens with one attached hydrogen (secondary N) is 1. The van der Waals surface area contributed by atoms with Crippen molar-refractivity contribution in [1.82, 2.24) is 15.1 Å². The van der Waals surface area contributed by atoms with Crippen LogP contribution >= 0.6 is 0 Å². The highest BCUT2D eigenvalue weighted by molar-refractivity contribution is 5.78. The van der Waals surface area contributed by atoms with Crippen molar-refractivity contribution in [2.75, 3.05) is 13.6 Å². The third-order valence-electron chi connectivity index (χ3n) is 4.19. The first kappa shape index (κ1) is 17.2. The minimum absolute atomic E-state index is 0.106. The number of aromatic amines is 1. The van der Waals surface area contributed by atoms with Crippen molar-refractivity contribution in [1.29, 1.82) is 0 Å². The Bertz CT molecular complexity index is 621. The van der Waals surface area contributed by atoms with E-state index in [9.17, 15) is 4.79 Å². The lowest BCUT2D eigenvalue weighted by Gasteiger charge is -2.23. The minimum Gasteiger partial charge on any atom is -0.345 e. The van der Waals surface area contributed by atoms with Crippen LogP contribution in [-0.4, -0.2) is 40.6 Å². The van der Waals surface area contributed by atoms with Gasteiger partial charge in [-0.15, -0.1) is 0 Å². The van der Waals surface area contributed by atoms with E-state index in [1.54, 1.807) is 4.90 Å². The van der Waals surface area contributed by atoms with Gasteiger partial charge in [0.15, 0.2) is 0 Å². The predicted molar refractivity (Wildman–Crippen MR) is 92.8 cm³/mol. The van der Waals surface area contributed by atoms with Crippen molar-refractivity contribution in [2.45, 2.75) is 32.7 Å². The summed E-state index contributed by atoms with van der Waals surface area (Å²) in [7, 11) is 1.84. The van der Waals surface area contributed by atoms with Gasteiger partial charge >= 0.3 is 0 Å². The van der Waals surface area contributed by atoms with Gasteiger partial charge in [0.25, 0.3) is 0 Å². The molecule has 1 amide bonds. The molecule has 0 saturated heterocycles. The van der Waals surface area contributed by atoms with Crippen LogP contribution < -0.4 is 5.73 Å². The minimum atomic E-state index is -0.142. The maximum Gasteiger partial charge on any atom is 0.226 e. The van der Waals surface area contributed by atoms with E-state index >= 15 is 0 Å². The summed E-state index contributed by atoms with van der Waals surface area (Å²) in [4.78, 5) is 13.9. The molecule has 1 aromatic heterocycles. The molecule has 5 nitrogen and oxygen atoms in total. The lowest BCUT2D eigenvalue weighted by molar-refractivity contribution is -0.134. The summed E-state index contributed by atoms with van der Waals surface area (Å²) in [6, 6.07) is 12.0. The molecule has 5 heteroatoms. The van der Waals surface area contributed by atoms with Crippen LogP contribution in [0.3, 0.4) is 0 Å². The Labute approximate surface area is 137 Å². The van der Waals surface area contributed by atoms with Gasteiger partial charge in [-0.3, -0.25) is 9.89 Å². The van der Waals surface area contributed by atoms with E-state index < -0.39 is 0 Å². The van der Waals surface area contributed by atoms with Crippen molar-refractivity contribution in [3.63, 3.8) is 0 Å². The lowest BCUT2D eigenvalue weighted by Crippen LogP contribution is -2.40. The Kier molecular flexibility index (Phi) is 5.93. The molecule has 0 fully saturated rings. The van der Waals surface area contributed by atoms with Crippen molar-refractivity contribution in [3.05, 3.63) is 42.1 Å². The fourth-order valence-corrected chi connectivity index (χ4v) is 2.44. The first-order valence-electron chi connectivity index (χ1n) is 8.09. The van der Waals surface area contributed by atoms with Crippen LogP contribution in [0.15, 0.2) is 36.4 Å². The van der Waals surface area contributed by atoms with E-state index in [-0.39, 0.29) is 17.9 Å². The normalized spacial score (nSPS) is 13.6. The summed E-state index contributed by atoms with van der Waals surface area (Å²) in [5.74, 6) is -0.0357. The van der Waals surface area contributed by atoms with Crippen LogP contribution in [0.25, 0.3) is 11.3 Å². The monoisotopic (exact) mass is 314 g/mol. The average Bonchev–Trinajstić information content (AvgIpc) is 3.03. The zero-order valence-electron chi connectivity index (χ0n) is 14.1. The number of amides is 1. The van der Waals surface area contributed by atoms with Gasteiger partial charge in [0.1, 0.15) is 0 Å². The summed E-state index contributed by atoms with van der Waals surface area (Å²) >= 11 is 0. The van der Waals surface area contributed by atoms with Gasteiger partial charge in [-0.2, -0.15) is 5.10 Å². The SMILES string of the molecule is CC(N)C(C)C(=O)N(C)CCCc1cc(-c2ccccc2)n[nH]1. The number of aromatic nitrogens is 2. The van der Waals surface area contributed by atoms with Crippen molar-refractivity contribution in [3.8, 4) is 11.3 Å². The number of nitrogens with zero attached hydrogens (tertiary/aromatic N) is 2. The van der Waals surface area contributed by atoms with E-state index in [0.717, 1.165) is 36.3 Å². The molecule has 0 aliphatic rings. The fourth-order valence-electron chi connectivity index (χ4n) is 2.44. The standard InChI is InChI=1S/C18H26N4O/c1-13(14(2)19)18(23)22(3)11-7-10-16-12-17(21-20-16)15-8-5-4-6-9-15/h4-6,8-9,12-14H,7,10-11,19H2,1-3H3,(H,20,21). The van der Waals surface area contributed by atoms with Gasteiger partial charge in [0.2, 0.25) is 5.91 Å². The molecule has 2 rings (SSSR count). The van der Waals surface area contributed by atoms with Gasteiger partial charge in [-0.05, 0) is 25.8 Å². The summed E-state index contributed by atoms with van der Waals surface area (Å²) in [6.45, 7) is 4.46. The Morgan fingerprint density at radius 3 is 2.65 bits per heavy atom. The molecule has 0 bridgehead atoms. The van der Waals surface area contributed by atoms with Crippen molar-refractivity contribution < 1.29 is 4.79 Å². The molecule has 2 atom stereocenters. The van der Waals surface area contributed by atoms with Gasteiger partial charge in [-0.1, -0.05) is 37.3 Å². The highest BCUT2D eigenvalue weighted by Crippen LogP contribution is 2.17. The van der Waals surface area contributed by atoms with Crippen LogP contribution in [0.1, 0.15) is 26.0 Å². The molecule has 124 valence electrons. The maximum absolute atomic E-state index is 12.1. The highest BCUT2D eigenvalue weighted by atomic mass is 16.2. The molecule has 3 N–H and O–H groups in total.